The molecule has 1 aliphatic carbocycles. The highest BCUT2D eigenvalue weighted by molar-refractivity contribution is 5.82. The Morgan fingerprint density at radius 3 is 2.60 bits per heavy atom. The monoisotopic (exact) mass is 341 g/mol. The van der Waals surface area contributed by atoms with Gasteiger partial charge < -0.3 is 20.0 Å². The molecule has 0 aromatic carbocycles. The van der Waals surface area contributed by atoms with E-state index in [1.165, 1.54) is 31.6 Å². The van der Waals surface area contributed by atoms with E-state index in [0.29, 0.717) is 5.92 Å². The molecular formula is C18H27N7. The summed E-state index contributed by atoms with van der Waals surface area (Å²) in [5, 5.41) is 11.1. The van der Waals surface area contributed by atoms with Gasteiger partial charge in [0.2, 0.25) is 5.96 Å². The predicted molar refractivity (Wildman–Crippen MR) is 98.4 cm³/mol. The van der Waals surface area contributed by atoms with Crippen LogP contribution in [0, 0.1) is 11.8 Å². The minimum absolute atomic E-state index is 0.0889. The third-order valence-electron chi connectivity index (χ3n) is 6.05. The van der Waals surface area contributed by atoms with E-state index in [0.717, 1.165) is 36.7 Å². The van der Waals surface area contributed by atoms with Crippen LogP contribution in [0.5, 0.6) is 0 Å². The third kappa shape index (κ3) is 2.80. The van der Waals surface area contributed by atoms with Crippen molar-refractivity contribution in [3.05, 3.63) is 24.0 Å². The van der Waals surface area contributed by atoms with Crippen molar-refractivity contribution in [3.63, 3.8) is 0 Å². The van der Waals surface area contributed by atoms with Crippen LogP contribution in [0.2, 0.25) is 0 Å². The fourth-order valence-corrected chi connectivity index (χ4v) is 4.54. The Bertz CT molecular complexity index is 690. The minimum atomic E-state index is 0.0889. The average molecular weight is 341 g/mol. The van der Waals surface area contributed by atoms with E-state index in [-0.39, 0.29) is 6.17 Å². The quantitative estimate of drug-likeness (QED) is 0.869. The van der Waals surface area contributed by atoms with Crippen molar-refractivity contribution >= 4 is 11.8 Å². The van der Waals surface area contributed by atoms with Gasteiger partial charge in [-0.15, -0.1) is 0 Å². The van der Waals surface area contributed by atoms with Gasteiger partial charge in [-0.2, -0.15) is 5.10 Å². The van der Waals surface area contributed by atoms with Gasteiger partial charge in [0, 0.05) is 57.1 Å². The van der Waals surface area contributed by atoms with Crippen molar-refractivity contribution in [1.82, 2.24) is 24.9 Å². The topological polar surface area (TPSA) is 62.8 Å². The van der Waals surface area contributed by atoms with Crippen LogP contribution >= 0.6 is 0 Å². The summed E-state index contributed by atoms with van der Waals surface area (Å²) >= 11 is 0. The maximum Gasteiger partial charge on any atom is 0.202 e. The first-order valence-corrected chi connectivity index (χ1v) is 9.40. The predicted octanol–water partition coefficient (Wildman–Crippen LogP) is 1.33. The Morgan fingerprint density at radius 1 is 1.12 bits per heavy atom. The van der Waals surface area contributed by atoms with Gasteiger partial charge in [-0.25, -0.2) is 4.99 Å². The first-order chi connectivity index (χ1) is 12.2. The Hall–Kier alpha value is -2.02. The number of H-pyrrole nitrogens is 1. The average Bonchev–Trinajstić information content (AvgIpc) is 3.05. The molecule has 3 aliphatic heterocycles. The normalized spacial score (nSPS) is 32.2. The van der Waals surface area contributed by atoms with E-state index in [1.54, 1.807) is 0 Å². The fourth-order valence-electron chi connectivity index (χ4n) is 4.54. The van der Waals surface area contributed by atoms with E-state index in [2.05, 4.69) is 61.4 Å². The van der Waals surface area contributed by atoms with E-state index >= 15 is 0 Å². The first kappa shape index (κ1) is 15.3. The highest BCUT2D eigenvalue weighted by Crippen LogP contribution is 2.39. The molecule has 25 heavy (non-hydrogen) atoms. The number of rotatable bonds is 3. The van der Waals surface area contributed by atoms with Crippen molar-refractivity contribution in [3.8, 4) is 0 Å². The smallest absolute Gasteiger partial charge is 0.202 e. The third-order valence-corrected chi connectivity index (χ3v) is 6.05. The van der Waals surface area contributed by atoms with Gasteiger partial charge in [-0.1, -0.05) is 0 Å². The summed E-state index contributed by atoms with van der Waals surface area (Å²) in [6.07, 6.45) is 6.69. The molecule has 2 saturated heterocycles. The number of hydrogen-bond acceptors (Lipinski definition) is 6. The molecule has 1 aromatic rings. The minimum Gasteiger partial charge on any atom is -0.345 e. The molecule has 134 valence electrons. The highest BCUT2D eigenvalue weighted by Gasteiger charge is 2.41. The van der Waals surface area contributed by atoms with E-state index in [9.17, 15) is 0 Å². The van der Waals surface area contributed by atoms with Crippen LogP contribution in [-0.2, 0) is 0 Å². The van der Waals surface area contributed by atoms with Crippen molar-refractivity contribution in [2.24, 2.45) is 16.8 Å². The molecule has 0 amide bonds. The van der Waals surface area contributed by atoms with Gasteiger partial charge >= 0.3 is 0 Å². The number of nitrogens with one attached hydrogen (secondary N) is 2. The Labute approximate surface area is 148 Å². The standard InChI is InChI=1S/C18H27N7/c1-23-8-13-10-25(11-14(13)9-23)18-19-6-5-17(24(18)2)20-16-7-15(21-22-16)12-3-4-12/h5-7,12-14,17H,3-4,8-11H2,1-2H3,(H2,20,21,22)/t13-,14?,17?/m0/s1. The van der Waals surface area contributed by atoms with Crippen molar-refractivity contribution in [2.45, 2.75) is 24.9 Å². The number of fused-ring (bicyclic) bond motifs is 1. The van der Waals surface area contributed by atoms with Gasteiger partial charge in [-0.3, -0.25) is 5.10 Å². The molecule has 4 heterocycles. The molecule has 1 aromatic heterocycles. The molecule has 3 atom stereocenters. The molecule has 0 spiro atoms. The van der Waals surface area contributed by atoms with Gasteiger partial charge in [0.1, 0.15) is 12.0 Å². The number of aromatic amines is 1. The van der Waals surface area contributed by atoms with Crippen LogP contribution in [0.1, 0.15) is 24.5 Å². The molecule has 5 rings (SSSR count). The summed E-state index contributed by atoms with van der Waals surface area (Å²) in [5.41, 5.74) is 1.26. The molecule has 3 fully saturated rings. The zero-order valence-corrected chi connectivity index (χ0v) is 15.0. The number of likely N-dealkylation sites (tertiary alicyclic amines) is 2. The second kappa shape index (κ2) is 5.76. The SMILES string of the molecule is CN1CC2CN(C3=NC=CC(Nc4cc(C5CC5)[nH]n4)N3C)C[C@@H]2C1. The number of hydrogen-bond donors (Lipinski definition) is 2. The van der Waals surface area contributed by atoms with Crippen LogP contribution in [0.4, 0.5) is 5.82 Å². The zero-order chi connectivity index (χ0) is 17.0. The van der Waals surface area contributed by atoms with E-state index < -0.39 is 0 Å². The number of likely N-dealkylation sites (N-methyl/N-ethyl adjacent to an activating group) is 1. The Balaban J connectivity index is 1.25. The molecule has 1 saturated carbocycles. The van der Waals surface area contributed by atoms with Crippen LogP contribution in [-0.4, -0.2) is 77.3 Å². The van der Waals surface area contributed by atoms with Crippen molar-refractivity contribution < 1.29 is 0 Å². The molecule has 4 aliphatic rings. The number of anilines is 1. The van der Waals surface area contributed by atoms with Gasteiger partial charge in [-0.05, 0) is 37.8 Å². The van der Waals surface area contributed by atoms with Gasteiger partial charge in [0.05, 0.1) is 0 Å². The molecule has 0 bridgehead atoms. The second-order valence-corrected chi connectivity index (χ2v) is 8.10. The molecule has 7 heteroatoms. The van der Waals surface area contributed by atoms with Gasteiger partial charge in [0.15, 0.2) is 0 Å². The summed E-state index contributed by atoms with van der Waals surface area (Å²) in [4.78, 5) is 11.8. The molecule has 2 unspecified atom stereocenters. The number of aliphatic imine (C=N–C) groups is 1. The number of aromatic nitrogens is 2. The van der Waals surface area contributed by atoms with Crippen molar-refractivity contribution in [2.75, 3.05) is 45.6 Å². The summed E-state index contributed by atoms with van der Waals surface area (Å²) in [5.74, 6) is 4.26. The summed E-state index contributed by atoms with van der Waals surface area (Å²) in [6, 6.07) is 2.15. The second-order valence-electron chi connectivity index (χ2n) is 8.10. The van der Waals surface area contributed by atoms with E-state index in [4.69, 9.17) is 0 Å². The lowest BCUT2D eigenvalue weighted by atomic mass is 10.0. The largest absolute Gasteiger partial charge is 0.345 e. The first-order valence-electron chi connectivity index (χ1n) is 9.40. The summed E-state index contributed by atoms with van der Waals surface area (Å²) < 4.78 is 0. The van der Waals surface area contributed by atoms with Crippen LogP contribution in [0.15, 0.2) is 23.3 Å². The maximum absolute atomic E-state index is 4.68. The molecule has 2 N–H and O–H groups in total. The van der Waals surface area contributed by atoms with Gasteiger partial charge in [0.25, 0.3) is 0 Å². The highest BCUT2D eigenvalue weighted by atomic mass is 15.4. The lowest BCUT2D eigenvalue weighted by Gasteiger charge is -2.36. The zero-order valence-electron chi connectivity index (χ0n) is 15.0. The Kier molecular flexibility index (Phi) is 3.51. The summed E-state index contributed by atoms with van der Waals surface area (Å²) in [7, 11) is 4.35. The molecule has 7 nitrogen and oxygen atoms in total. The fraction of sp³-hybridized carbons (Fsp3) is 0.667. The lowest BCUT2D eigenvalue weighted by molar-refractivity contribution is 0.315. The molecular weight excluding hydrogens is 314 g/mol. The number of guanidine groups is 1. The maximum atomic E-state index is 4.68. The van der Waals surface area contributed by atoms with Crippen LogP contribution in [0.3, 0.4) is 0 Å². The summed E-state index contributed by atoms with van der Waals surface area (Å²) in [6.45, 7) is 4.67. The van der Waals surface area contributed by atoms with Crippen molar-refractivity contribution in [1.29, 1.82) is 0 Å². The van der Waals surface area contributed by atoms with Crippen LogP contribution in [0.25, 0.3) is 0 Å². The van der Waals surface area contributed by atoms with E-state index in [1.807, 2.05) is 6.20 Å². The van der Waals surface area contributed by atoms with Crippen LogP contribution < -0.4 is 5.32 Å². The Morgan fingerprint density at radius 2 is 1.88 bits per heavy atom. The lowest BCUT2D eigenvalue weighted by Crippen LogP contribution is -2.50. The number of nitrogens with zero attached hydrogens (tertiary/aromatic N) is 5. The molecule has 0 radical (unpaired) electrons.